The van der Waals surface area contributed by atoms with E-state index in [2.05, 4.69) is 10.1 Å². The van der Waals surface area contributed by atoms with E-state index in [9.17, 15) is 14.4 Å². The summed E-state index contributed by atoms with van der Waals surface area (Å²) in [4.78, 5) is 36.9. The van der Waals surface area contributed by atoms with Crippen molar-refractivity contribution >= 4 is 18.0 Å². The Kier molecular flexibility index (Phi) is 7.39. The highest BCUT2D eigenvalue weighted by Crippen LogP contribution is 2.06. The highest BCUT2D eigenvalue weighted by atomic mass is 16.5. The van der Waals surface area contributed by atoms with Gasteiger partial charge in [0.05, 0.1) is 7.11 Å². The first-order valence-corrected chi connectivity index (χ1v) is 7.16. The number of nitriles is 1. The standard InChI is InChI=1S/C14H20N4O5/c1-23-14(22)18-7-5-17(6-8-18)10-11(9-15)13(21)16-4-2-3-12(19)20/h10H,2-8H2,1H3,(H,16,21)(H,19,20)/b11-10-. The second kappa shape index (κ2) is 9.30. The molecule has 0 bridgehead atoms. The molecule has 0 spiro atoms. The molecule has 0 aromatic rings. The van der Waals surface area contributed by atoms with Crippen LogP contribution in [0.4, 0.5) is 4.79 Å². The van der Waals surface area contributed by atoms with Crippen molar-refractivity contribution in [2.45, 2.75) is 12.8 Å². The van der Waals surface area contributed by atoms with Crippen LogP contribution >= 0.6 is 0 Å². The smallest absolute Gasteiger partial charge is 0.409 e. The summed E-state index contributed by atoms with van der Waals surface area (Å²) >= 11 is 0. The van der Waals surface area contributed by atoms with Crippen LogP contribution in [-0.2, 0) is 14.3 Å². The van der Waals surface area contributed by atoms with Crippen LogP contribution in [-0.4, -0.2) is 72.7 Å². The summed E-state index contributed by atoms with van der Waals surface area (Å²) in [6.07, 6.45) is 1.32. The largest absolute Gasteiger partial charge is 0.481 e. The summed E-state index contributed by atoms with van der Waals surface area (Å²) in [6.45, 7) is 2.07. The lowest BCUT2D eigenvalue weighted by atomic mass is 10.2. The summed E-state index contributed by atoms with van der Waals surface area (Å²) in [7, 11) is 1.32. The average Bonchev–Trinajstić information content (AvgIpc) is 2.56. The van der Waals surface area contributed by atoms with Gasteiger partial charge < -0.3 is 25.0 Å². The minimum absolute atomic E-state index is 0.0403. The molecule has 0 aliphatic carbocycles. The Balaban J connectivity index is 2.46. The predicted molar refractivity (Wildman–Crippen MR) is 79.1 cm³/mol. The van der Waals surface area contributed by atoms with Crippen LogP contribution in [0.1, 0.15) is 12.8 Å². The molecule has 0 unspecified atom stereocenters. The van der Waals surface area contributed by atoms with Gasteiger partial charge in [-0.2, -0.15) is 5.26 Å². The molecule has 1 saturated heterocycles. The van der Waals surface area contributed by atoms with Crippen molar-refractivity contribution in [3.8, 4) is 6.07 Å². The molecule has 2 amide bonds. The van der Waals surface area contributed by atoms with Crippen molar-refractivity contribution in [3.05, 3.63) is 11.8 Å². The quantitative estimate of drug-likeness (QED) is 0.392. The number of amides is 2. The molecule has 0 saturated carbocycles. The van der Waals surface area contributed by atoms with E-state index < -0.39 is 18.0 Å². The van der Waals surface area contributed by atoms with Gasteiger partial charge in [-0.15, -0.1) is 0 Å². The van der Waals surface area contributed by atoms with Crippen LogP contribution in [0.15, 0.2) is 11.8 Å². The molecule has 0 aromatic carbocycles. The number of aliphatic carboxylic acids is 1. The zero-order valence-electron chi connectivity index (χ0n) is 12.9. The van der Waals surface area contributed by atoms with Gasteiger partial charge in [0.15, 0.2) is 0 Å². The number of carboxylic acid groups (broad SMARTS) is 1. The zero-order valence-corrected chi connectivity index (χ0v) is 12.9. The monoisotopic (exact) mass is 324 g/mol. The predicted octanol–water partition coefficient (Wildman–Crippen LogP) is -0.241. The van der Waals surface area contributed by atoms with E-state index in [4.69, 9.17) is 10.4 Å². The average molecular weight is 324 g/mol. The van der Waals surface area contributed by atoms with Crippen LogP contribution < -0.4 is 5.32 Å². The first kappa shape index (κ1) is 18.3. The van der Waals surface area contributed by atoms with Crippen LogP contribution in [0, 0.1) is 11.3 Å². The maximum atomic E-state index is 11.9. The van der Waals surface area contributed by atoms with Gasteiger partial charge in [0.25, 0.3) is 5.91 Å². The van der Waals surface area contributed by atoms with Crippen LogP contribution in [0.3, 0.4) is 0 Å². The number of piperazine rings is 1. The molecule has 1 fully saturated rings. The molecule has 1 rings (SSSR count). The van der Waals surface area contributed by atoms with E-state index in [0.717, 1.165) is 0 Å². The van der Waals surface area contributed by atoms with Crippen molar-refractivity contribution in [1.82, 2.24) is 15.1 Å². The van der Waals surface area contributed by atoms with Gasteiger partial charge in [0.2, 0.25) is 0 Å². The zero-order chi connectivity index (χ0) is 17.2. The normalized spacial score (nSPS) is 14.9. The summed E-state index contributed by atoms with van der Waals surface area (Å²) in [6, 6.07) is 1.83. The Morgan fingerprint density at radius 3 is 2.48 bits per heavy atom. The highest BCUT2D eigenvalue weighted by molar-refractivity contribution is 5.97. The molecule has 0 atom stereocenters. The number of carboxylic acids is 1. The second-order valence-electron chi connectivity index (χ2n) is 4.90. The fourth-order valence-electron chi connectivity index (χ4n) is 2.02. The lowest BCUT2D eigenvalue weighted by molar-refractivity contribution is -0.137. The van der Waals surface area contributed by atoms with E-state index in [1.807, 2.05) is 6.07 Å². The molecule has 0 radical (unpaired) electrons. The number of rotatable bonds is 6. The van der Waals surface area contributed by atoms with Crippen molar-refractivity contribution in [2.24, 2.45) is 0 Å². The molecule has 1 heterocycles. The van der Waals surface area contributed by atoms with Crippen molar-refractivity contribution in [2.75, 3.05) is 39.8 Å². The lowest BCUT2D eigenvalue weighted by Crippen LogP contribution is -2.47. The molecule has 9 nitrogen and oxygen atoms in total. The Morgan fingerprint density at radius 2 is 1.96 bits per heavy atom. The number of nitrogens with zero attached hydrogens (tertiary/aromatic N) is 3. The van der Waals surface area contributed by atoms with Crippen LogP contribution in [0.25, 0.3) is 0 Å². The molecule has 9 heteroatoms. The van der Waals surface area contributed by atoms with Crippen molar-refractivity contribution in [3.63, 3.8) is 0 Å². The Morgan fingerprint density at radius 1 is 1.30 bits per heavy atom. The number of ether oxygens (including phenoxy) is 1. The summed E-state index contributed by atoms with van der Waals surface area (Å²) in [5.41, 5.74) is -0.0492. The number of hydrogen-bond acceptors (Lipinski definition) is 6. The molecule has 2 N–H and O–H groups in total. The van der Waals surface area contributed by atoms with Gasteiger partial charge in [-0.25, -0.2) is 4.79 Å². The highest BCUT2D eigenvalue weighted by Gasteiger charge is 2.21. The van der Waals surface area contributed by atoms with Crippen LogP contribution in [0.2, 0.25) is 0 Å². The number of nitrogens with one attached hydrogen (secondary N) is 1. The van der Waals surface area contributed by atoms with E-state index in [1.54, 1.807) is 9.80 Å². The third-order valence-electron chi connectivity index (χ3n) is 3.28. The van der Waals surface area contributed by atoms with Gasteiger partial charge in [0.1, 0.15) is 11.6 Å². The van der Waals surface area contributed by atoms with E-state index >= 15 is 0 Å². The van der Waals surface area contributed by atoms with Crippen molar-refractivity contribution < 1.29 is 24.2 Å². The van der Waals surface area contributed by atoms with E-state index in [1.165, 1.54) is 13.3 Å². The van der Waals surface area contributed by atoms with Gasteiger partial charge in [-0.05, 0) is 6.42 Å². The molecule has 1 aliphatic heterocycles. The Labute approximate surface area is 134 Å². The SMILES string of the molecule is COC(=O)N1CCN(/C=C(/C#N)C(=O)NCCCC(=O)O)CC1. The van der Waals surface area contributed by atoms with Crippen LogP contribution in [0.5, 0.6) is 0 Å². The molecule has 1 aliphatic rings. The summed E-state index contributed by atoms with van der Waals surface area (Å²) in [5, 5.41) is 20.1. The van der Waals surface area contributed by atoms with Crippen molar-refractivity contribution in [1.29, 1.82) is 5.26 Å². The number of carbonyl (C=O) groups excluding carboxylic acids is 2. The molecule has 23 heavy (non-hydrogen) atoms. The van der Waals surface area contributed by atoms with Gasteiger partial charge in [-0.1, -0.05) is 0 Å². The maximum Gasteiger partial charge on any atom is 0.409 e. The third kappa shape index (κ3) is 6.25. The van der Waals surface area contributed by atoms with Gasteiger partial charge in [-0.3, -0.25) is 9.59 Å². The molecular weight excluding hydrogens is 304 g/mol. The lowest BCUT2D eigenvalue weighted by Gasteiger charge is -2.33. The van der Waals surface area contributed by atoms with Gasteiger partial charge in [0, 0.05) is 45.3 Å². The summed E-state index contributed by atoms with van der Waals surface area (Å²) in [5.74, 6) is -1.47. The Hall–Kier alpha value is -2.76. The number of carbonyl (C=O) groups is 3. The number of methoxy groups -OCH3 is 1. The van der Waals surface area contributed by atoms with E-state index in [0.29, 0.717) is 32.6 Å². The third-order valence-corrected chi connectivity index (χ3v) is 3.28. The fourth-order valence-corrected chi connectivity index (χ4v) is 2.02. The first-order valence-electron chi connectivity index (χ1n) is 7.16. The summed E-state index contributed by atoms with van der Waals surface area (Å²) < 4.78 is 4.63. The fraction of sp³-hybridized carbons (Fsp3) is 0.571. The first-order chi connectivity index (χ1) is 11.0. The van der Waals surface area contributed by atoms with E-state index in [-0.39, 0.29) is 18.5 Å². The number of hydrogen-bond donors (Lipinski definition) is 2. The van der Waals surface area contributed by atoms with Gasteiger partial charge >= 0.3 is 12.1 Å². The minimum atomic E-state index is -0.932. The Bertz CT molecular complexity index is 518. The molecular formula is C14H20N4O5. The maximum absolute atomic E-state index is 11.9. The topological polar surface area (TPSA) is 123 Å². The molecule has 126 valence electrons. The second-order valence-corrected chi connectivity index (χ2v) is 4.90. The minimum Gasteiger partial charge on any atom is -0.481 e. The molecule has 0 aromatic heterocycles.